The molecule has 1 heterocycles. The maximum absolute atomic E-state index is 12.4. The zero-order valence-corrected chi connectivity index (χ0v) is 11.3. The lowest BCUT2D eigenvalue weighted by molar-refractivity contribution is -0.138. The summed E-state index contributed by atoms with van der Waals surface area (Å²) in [6, 6.07) is 4.60. The van der Waals surface area contributed by atoms with Gasteiger partial charge in [-0.2, -0.15) is 0 Å². The number of Topliss-reactive ketones (excluding diaryl/α,β-unsaturated/α-hetero) is 1. The van der Waals surface area contributed by atoms with Gasteiger partial charge in [0.05, 0.1) is 23.1 Å². The normalized spacial score (nSPS) is 24.8. The number of carbonyl (C=O) groups is 2. The quantitative estimate of drug-likeness (QED) is 0.845. The molecule has 1 aromatic carbocycles. The molecule has 2 N–H and O–H groups in total. The van der Waals surface area contributed by atoms with Gasteiger partial charge in [0.2, 0.25) is 0 Å². The molecule has 1 aliphatic rings. The number of aliphatic carboxylic acids is 1. The fourth-order valence-corrected chi connectivity index (χ4v) is 2.95. The molecule has 1 saturated carbocycles. The highest BCUT2D eigenvalue weighted by Crippen LogP contribution is 2.42. The molecule has 0 radical (unpaired) electrons. The highest BCUT2D eigenvalue weighted by Gasteiger charge is 2.58. The molecular weight excluding hydrogens is 282 g/mol. The van der Waals surface area contributed by atoms with Crippen LogP contribution in [0.15, 0.2) is 28.9 Å². The van der Waals surface area contributed by atoms with E-state index in [4.69, 9.17) is 21.1 Å². The van der Waals surface area contributed by atoms with Gasteiger partial charge >= 0.3 is 5.97 Å². The number of furan rings is 1. The van der Waals surface area contributed by atoms with Gasteiger partial charge in [-0.05, 0) is 25.2 Å². The Morgan fingerprint density at radius 3 is 2.70 bits per heavy atom. The summed E-state index contributed by atoms with van der Waals surface area (Å²) in [4.78, 5) is 23.5. The number of hydrogen-bond acceptors (Lipinski definition) is 4. The third-order valence-electron chi connectivity index (χ3n) is 3.73. The van der Waals surface area contributed by atoms with Crippen LogP contribution in [0, 0.1) is 11.8 Å². The predicted molar refractivity (Wildman–Crippen MR) is 73.0 cm³/mol. The molecule has 20 heavy (non-hydrogen) atoms. The van der Waals surface area contributed by atoms with Crippen molar-refractivity contribution in [2.75, 3.05) is 7.05 Å². The topological polar surface area (TPSA) is 79.5 Å². The molecule has 3 atom stereocenters. The number of carboxylic acids is 1. The van der Waals surface area contributed by atoms with Gasteiger partial charge in [0, 0.05) is 17.0 Å². The number of ketones is 1. The molecule has 0 spiro atoms. The van der Waals surface area contributed by atoms with Crippen LogP contribution in [0.25, 0.3) is 11.0 Å². The molecule has 1 aliphatic carbocycles. The van der Waals surface area contributed by atoms with E-state index in [1.165, 1.54) is 12.3 Å². The van der Waals surface area contributed by atoms with Gasteiger partial charge in [-0.3, -0.25) is 9.59 Å². The van der Waals surface area contributed by atoms with E-state index in [0.29, 0.717) is 16.2 Å². The standard InChI is InChI=1S/C14H12ClNO4/c1-16-11-9(10(11)14(18)19)12(17)7-4-6-2-3-20-13(6)8(15)5-7/h2-5,9-11,16H,1H3,(H,18,19). The van der Waals surface area contributed by atoms with Crippen LogP contribution in [0.1, 0.15) is 10.4 Å². The zero-order valence-electron chi connectivity index (χ0n) is 10.6. The van der Waals surface area contributed by atoms with E-state index < -0.39 is 17.8 Å². The zero-order chi connectivity index (χ0) is 14.4. The van der Waals surface area contributed by atoms with E-state index in [9.17, 15) is 9.59 Å². The number of rotatable bonds is 4. The van der Waals surface area contributed by atoms with Crippen LogP contribution in [0.4, 0.5) is 0 Å². The summed E-state index contributed by atoms with van der Waals surface area (Å²) in [7, 11) is 1.65. The third kappa shape index (κ3) is 1.90. The van der Waals surface area contributed by atoms with Crippen LogP contribution in [0.3, 0.4) is 0 Å². The number of fused-ring (bicyclic) bond motifs is 1. The first-order chi connectivity index (χ1) is 9.54. The number of hydrogen-bond donors (Lipinski definition) is 2. The third-order valence-corrected chi connectivity index (χ3v) is 4.01. The van der Waals surface area contributed by atoms with Gasteiger partial charge in [-0.25, -0.2) is 0 Å². The van der Waals surface area contributed by atoms with Crippen LogP contribution >= 0.6 is 11.6 Å². The molecule has 1 fully saturated rings. The maximum atomic E-state index is 12.4. The average molecular weight is 294 g/mol. The summed E-state index contributed by atoms with van der Waals surface area (Å²) in [5.41, 5.74) is 0.942. The second kappa shape index (κ2) is 4.61. The summed E-state index contributed by atoms with van der Waals surface area (Å²) in [5.74, 6) is -2.39. The lowest BCUT2D eigenvalue weighted by Crippen LogP contribution is -2.16. The van der Waals surface area contributed by atoms with Crippen molar-refractivity contribution < 1.29 is 19.1 Å². The van der Waals surface area contributed by atoms with Crippen molar-refractivity contribution in [1.82, 2.24) is 5.32 Å². The molecule has 2 aromatic rings. The Morgan fingerprint density at radius 2 is 2.10 bits per heavy atom. The summed E-state index contributed by atoms with van der Waals surface area (Å²) in [5, 5.41) is 13.0. The summed E-state index contributed by atoms with van der Waals surface area (Å²) < 4.78 is 5.21. The highest BCUT2D eigenvalue weighted by atomic mass is 35.5. The van der Waals surface area contributed by atoms with Gasteiger partial charge in [0.15, 0.2) is 11.4 Å². The van der Waals surface area contributed by atoms with E-state index in [0.717, 1.165) is 5.39 Å². The monoisotopic (exact) mass is 293 g/mol. The Hall–Kier alpha value is -1.85. The smallest absolute Gasteiger partial charge is 0.308 e. The van der Waals surface area contributed by atoms with Crippen LogP contribution in [0.5, 0.6) is 0 Å². The molecule has 5 nitrogen and oxygen atoms in total. The molecule has 3 rings (SSSR count). The molecular formula is C14H12ClNO4. The van der Waals surface area contributed by atoms with Crippen molar-refractivity contribution in [2.24, 2.45) is 11.8 Å². The first-order valence-electron chi connectivity index (χ1n) is 6.15. The number of carboxylic acid groups (broad SMARTS) is 1. The molecule has 0 amide bonds. The van der Waals surface area contributed by atoms with E-state index >= 15 is 0 Å². The van der Waals surface area contributed by atoms with Gasteiger partial charge in [0.1, 0.15) is 0 Å². The molecule has 0 aliphatic heterocycles. The van der Waals surface area contributed by atoms with E-state index in [-0.39, 0.29) is 11.8 Å². The first kappa shape index (κ1) is 13.1. The Kier molecular flexibility index (Phi) is 3.03. The lowest BCUT2D eigenvalue weighted by Gasteiger charge is -2.02. The molecule has 1 aromatic heterocycles. The molecule has 104 valence electrons. The summed E-state index contributed by atoms with van der Waals surface area (Å²) in [6.07, 6.45) is 1.50. The van der Waals surface area contributed by atoms with E-state index in [1.807, 2.05) is 0 Å². The number of benzene rings is 1. The fourth-order valence-electron chi connectivity index (χ4n) is 2.68. The SMILES string of the molecule is CNC1C(C(=O)O)C1C(=O)c1cc(Cl)c2occc2c1. The Labute approximate surface area is 119 Å². The molecule has 3 unspecified atom stereocenters. The van der Waals surface area contributed by atoms with Crippen molar-refractivity contribution >= 4 is 34.3 Å². The minimum Gasteiger partial charge on any atom is -0.481 e. The molecule has 0 bridgehead atoms. The minimum atomic E-state index is -0.960. The summed E-state index contributed by atoms with van der Waals surface area (Å²) >= 11 is 6.06. The second-order valence-electron chi connectivity index (χ2n) is 4.87. The molecule has 6 heteroatoms. The highest BCUT2D eigenvalue weighted by molar-refractivity contribution is 6.35. The number of nitrogens with one attached hydrogen (secondary N) is 1. The van der Waals surface area contributed by atoms with Crippen molar-refractivity contribution in [1.29, 1.82) is 0 Å². The van der Waals surface area contributed by atoms with Gasteiger partial charge in [-0.15, -0.1) is 0 Å². The Balaban J connectivity index is 1.95. The predicted octanol–water partition coefficient (Wildman–Crippen LogP) is 2.19. The van der Waals surface area contributed by atoms with E-state index in [1.54, 1.807) is 19.2 Å². The van der Waals surface area contributed by atoms with Crippen LogP contribution in [0.2, 0.25) is 5.02 Å². The first-order valence-corrected chi connectivity index (χ1v) is 6.53. The fraction of sp³-hybridized carbons (Fsp3) is 0.286. The second-order valence-corrected chi connectivity index (χ2v) is 5.27. The number of carbonyl (C=O) groups excluding carboxylic acids is 1. The Morgan fingerprint density at radius 1 is 1.35 bits per heavy atom. The maximum Gasteiger partial charge on any atom is 0.308 e. The largest absolute Gasteiger partial charge is 0.481 e. The van der Waals surface area contributed by atoms with Gasteiger partial charge < -0.3 is 14.8 Å². The molecule has 0 saturated heterocycles. The van der Waals surface area contributed by atoms with Crippen molar-refractivity contribution in [3.05, 3.63) is 35.0 Å². The number of halogens is 1. The summed E-state index contributed by atoms with van der Waals surface area (Å²) in [6.45, 7) is 0. The van der Waals surface area contributed by atoms with Crippen molar-refractivity contribution in [3.8, 4) is 0 Å². The van der Waals surface area contributed by atoms with Gasteiger partial charge in [0.25, 0.3) is 0 Å². The van der Waals surface area contributed by atoms with Crippen LogP contribution in [-0.2, 0) is 4.79 Å². The van der Waals surface area contributed by atoms with Gasteiger partial charge in [-0.1, -0.05) is 11.6 Å². The van der Waals surface area contributed by atoms with Crippen LogP contribution in [-0.4, -0.2) is 29.9 Å². The van der Waals surface area contributed by atoms with Crippen molar-refractivity contribution in [2.45, 2.75) is 6.04 Å². The van der Waals surface area contributed by atoms with Crippen molar-refractivity contribution in [3.63, 3.8) is 0 Å². The average Bonchev–Trinajstić information content (AvgIpc) is 2.97. The minimum absolute atomic E-state index is 0.207. The lowest BCUT2D eigenvalue weighted by atomic mass is 10.0. The van der Waals surface area contributed by atoms with E-state index in [2.05, 4.69) is 5.32 Å². The Bertz CT molecular complexity index is 708. The van der Waals surface area contributed by atoms with Crippen LogP contribution < -0.4 is 5.32 Å².